The molecule has 2 fully saturated rings. The van der Waals surface area contributed by atoms with Crippen LogP contribution in [0.2, 0.25) is 0 Å². The summed E-state index contributed by atoms with van der Waals surface area (Å²) in [5.74, 6) is 1.94. The predicted octanol–water partition coefficient (Wildman–Crippen LogP) is 2.69. The Kier molecular flexibility index (Phi) is 7.20. The van der Waals surface area contributed by atoms with E-state index in [0.717, 1.165) is 44.5 Å². The van der Waals surface area contributed by atoms with E-state index in [0.29, 0.717) is 6.10 Å². The van der Waals surface area contributed by atoms with Crippen molar-refractivity contribution in [2.75, 3.05) is 26.2 Å². The van der Waals surface area contributed by atoms with E-state index in [2.05, 4.69) is 22.5 Å². The number of rotatable bonds is 7. The SMILES string of the molecule is CCNC(=NCC1CCCO1)NCCCC1CCCC1. The smallest absolute Gasteiger partial charge is 0.191 e. The van der Waals surface area contributed by atoms with Gasteiger partial charge in [-0.2, -0.15) is 0 Å². The lowest BCUT2D eigenvalue weighted by atomic mass is 10.0. The van der Waals surface area contributed by atoms with Gasteiger partial charge in [-0.1, -0.05) is 25.7 Å². The molecule has 0 aromatic carbocycles. The fourth-order valence-electron chi connectivity index (χ4n) is 3.22. The predicted molar refractivity (Wildman–Crippen MR) is 84.1 cm³/mol. The molecule has 1 saturated heterocycles. The third-order valence-electron chi connectivity index (χ3n) is 4.38. The van der Waals surface area contributed by atoms with E-state index in [9.17, 15) is 0 Å². The molecular formula is C16H31N3O. The minimum Gasteiger partial charge on any atom is -0.376 e. The summed E-state index contributed by atoms with van der Waals surface area (Å²) in [5.41, 5.74) is 0. The summed E-state index contributed by atoms with van der Waals surface area (Å²) >= 11 is 0. The maximum Gasteiger partial charge on any atom is 0.191 e. The average Bonchev–Trinajstić information content (AvgIpc) is 3.13. The quantitative estimate of drug-likeness (QED) is 0.428. The molecule has 0 aromatic rings. The first kappa shape index (κ1) is 15.6. The molecule has 0 spiro atoms. The van der Waals surface area contributed by atoms with Crippen LogP contribution in [0.4, 0.5) is 0 Å². The van der Waals surface area contributed by atoms with Gasteiger partial charge in [0.2, 0.25) is 0 Å². The zero-order chi connectivity index (χ0) is 14.0. The Hall–Kier alpha value is -0.770. The number of ether oxygens (including phenoxy) is 1. The zero-order valence-corrected chi connectivity index (χ0v) is 13.0. The van der Waals surface area contributed by atoms with Gasteiger partial charge in [0, 0.05) is 19.7 Å². The highest BCUT2D eigenvalue weighted by atomic mass is 16.5. The van der Waals surface area contributed by atoms with Crippen molar-refractivity contribution in [3.8, 4) is 0 Å². The summed E-state index contributed by atoms with van der Waals surface area (Å²) in [6.45, 7) is 5.76. The van der Waals surface area contributed by atoms with E-state index in [4.69, 9.17) is 4.74 Å². The number of hydrogen-bond acceptors (Lipinski definition) is 2. The van der Waals surface area contributed by atoms with Crippen LogP contribution in [-0.4, -0.2) is 38.3 Å². The van der Waals surface area contributed by atoms with Gasteiger partial charge in [-0.05, 0) is 38.5 Å². The molecule has 1 aliphatic carbocycles. The fraction of sp³-hybridized carbons (Fsp3) is 0.938. The Bertz CT molecular complexity index is 281. The highest BCUT2D eigenvalue weighted by Gasteiger charge is 2.15. The first-order valence-corrected chi connectivity index (χ1v) is 8.52. The zero-order valence-electron chi connectivity index (χ0n) is 13.0. The highest BCUT2D eigenvalue weighted by Crippen LogP contribution is 2.28. The van der Waals surface area contributed by atoms with Crippen molar-refractivity contribution in [1.29, 1.82) is 0 Å². The number of guanidine groups is 1. The van der Waals surface area contributed by atoms with Crippen molar-refractivity contribution >= 4 is 5.96 Å². The first-order valence-electron chi connectivity index (χ1n) is 8.52. The van der Waals surface area contributed by atoms with Gasteiger partial charge in [0.05, 0.1) is 12.6 Å². The average molecular weight is 281 g/mol. The maximum absolute atomic E-state index is 5.61. The molecule has 4 nitrogen and oxygen atoms in total. The van der Waals surface area contributed by atoms with Gasteiger partial charge in [0.15, 0.2) is 5.96 Å². The van der Waals surface area contributed by atoms with Crippen LogP contribution in [0.1, 0.15) is 58.3 Å². The molecule has 1 aliphatic heterocycles. The largest absolute Gasteiger partial charge is 0.376 e. The monoisotopic (exact) mass is 281 g/mol. The topological polar surface area (TPSA) is 45.7 Å². The summed E-state index contributed by atoms with van der Waals surface area (Å²) in [5, 5.41) is 6.77. The lowest BCUT2D eigenvalue weighted by Crippen LogP contribution is -2.38. The molecule has 0 amide bonds. The van der Waals surface area contributed by atoms with Gasteiger partial charge in [0.1, 0.15) is 0 Å². The molecule has 116 valence electrons. The Balaban J connectivity index is 1.61. The highest BCUT2D eigenvalue weighted by molar-refractivity contribution is 5.79. The summed E-state index contributed by atoms with van der Waals surface area (Å²) in [4.78, 5) is 4.63. The van der Waals surface area contributed by atoms with Crippen LogP contribution in [0.15, 0.2) is 4.99 Å². The second kappa shape index (κ2) is 9.22. The fourth-order valence-corrected chi connectivity index (χ4v) is 3.22. The van der Waals surface area contributed by atoms with Gasteiger partial charge >= 0.3 is 0 Å². The van der Waals surface area contributed by atoms with Crippen LogP contribution in [0, 0.1) is 5.92 Å². The van der Waals surface area contributed by atoms with Crippen LogP contribution in [0.3, 0.4) is 0 Å². The Morgan fingerprint density at radius 2 is 2.00 bits per heavy atom. The molecule has 20 heavy (non-hydrogen) atoms. The van der Waals surface area contributed by atoms with Crippen LogP contribution >= 0.6 is 0 Å². The van der Waals surface area contributed by atoms with E-state index in [1.165, 1.54) is 44.9 Å². The summed E-state index contributed by atoms with van der Waals surface area (Å²) in [6.07, 6.45) is 11.1. The molecular weight excluding hydrogens is 250 g/mol. The van der Waals surface area contributed by atoms with Crippen LogP contribution < -0.4 is 10.6 Å². The second-order valence-corrected chi connectivity index (χ2v) is 6.07. The van der Waals surface area contributed by atoms with Crippen LogP contribution in [-0.2, 0) is 4.74 Å². The summed E-state index contributed by atoms with van der Waals surface area (Å²) in [6, 6.07) is 0. The van der Waals surface area contributed by atoms with Gasteiger partial charge < -0.3 is 15.4 Å². The Morgan fingerprint density at radius 3 is 2.70 bits per heavy atom. The molecule has 2 N–H and O–H groups in total. The lowest BCUT2D eigenvalue weighted by Gasteiger charge is -2.14. The third kappa shape index (κ3) is 5.70. The van der Waals surface area contributed by atoms with E-state index in [-0.39, 0.29) is 0 Å². The van der Waals surface area contributed by atoms with E-state index >= 15 is 0 Å². The van der Waals surface area contributed by atoms with E-state index in [1.807, 2.05) is 0 Å². The van der Waals surface area contributed by atoms with Gasteiger partial charge in [-0.15, -0.1) is 0 Å². The molecule has 0 aromatic heterocycles. The van der Waals surface area contributed by atoms with Crippen molar-refractivity contribution < 1.29 is 4.74 Å². The molecule has 1 saturated carbocycles. The molecule has 1 heterocycles. The third-order valence-corrected chi connectivity index (χ3v) is 4.38. The van der Waals surface area contributed by atoms with Gasteiger partial charge in [0.25, 0.3) is 0 Å². The number of hydrogen-bond donors (Lipinski definition) is 2. The lowest BCUT2D eigenvalue weighted by molar-refractivity contribution is 0.117. The molecule has 1 unspecified atom stereocenters. The summed E-state index contributed by atoms with van der Waals surface area (Å²) < 4.78 is 5.61. The minimum absolute atomic E-state index is 0.337. The van der Waals surface area contributed by atoms with Crippen molar-refractivity contribution in [2.24, 2.45) is 10.9 Å². The molecule has 4 heteroatoms. The van der Waals surface area contributed by atoms with Crippen molar-refractivity contribution in [1.82, 2.24) is 10.6 Å². The molecule has 2 aliphatic rings. The normalized spacial score (nSPS) is 24.2. The number of nitrogens with one attached hydrogen (secondary N) is 2. The summed E-state index contributed by atoms with van der Waals surface area (Å²) in [7, 11) is 0. The number of aliphatic imine (C=N–C) groups is 1. The second-order valence-electron chi connectivity index (χ2n) is 6.07. The van der Waals surface area contributed by atoms with E-state index < -0.39 is 0 Å². The first-order chi connectivity index (χ1) is 9.88. The molecule has 0 bridgehead atoms. The van der Waals surface area contributed by atoms with Gasteiger partial charge in [-0.25, -0.2) is 0 Å². The molecule has 0 radical (unpaired) electrons. The minimum atomic E-state index is 0.337. The van der Waals surface area contributed by atoms with E-state index in [1.54, 1.807) is 0 Å². The van der Waals surface area contributed by atoms with Gasteiger partial charge in [-0.3, -0.25) is 4.99 Å². The Morgan fingerprint density at radius 1 is 1.15 bits per heavy atom. The standard InChI is InChI=1S/C16H31N3O/c1-2-17-16(19-13-15-10-6-12-20-15)18-11-5-9-14-7-3-4-8-14/h14-15H,2-13H2,1H3,(H2,17,18,19). The van der Waals surface area contributed by atoms with Crippen molar-refractivity contribution in [3.05, 3.63) is 0 Å². The number of nitrogens with zero attached hydrogens (tertiary/aromatic N) is 1. The maximum atomic E-state index is 5.61. The molecule has 1 atom stereocenters. The van der Waals surface area contributed by atoms with Crippen molar-refractivity contribution in [3.63, 3.8) is 0 Å². The Labute approximate surface area is 123 Å². The molecule has 2 rings (SSSR count). The van der Waals surface area contributed by atoms with Crippen molar-refractivity contribution in [2.45, 2.75) is 64.4 Å². The van der Waals surface area contributed by atoms with Crippen LogP contribution in [0.5, 0.6) is 0 Å². The van der Waals surface area contributed by atoms with Crippen LogP contribution in [0.25, 0.3) is 0 Å².